The highest BCUT2D eigenvalue weighted by atomic mass is 32.1. The summed E-state index contributed by atoms with van der Waals surface area (Å²) in [5, 5.41) is 10.7. The Morgan fingerprint density at radius 1 is 1.24 bits per heavy atom. The third kappa shape index (κ3) is 4.67. The Morgan fingerprint density at radius 3 is 2.60 bits per heavy atom. The molecule has 1 fully saturated rings. The van der Waals surface area contributed by atoms with E-state index in [4.69, 9.17) is 0 Å². The second-order valence-electron chi connectivity index (χ2n) is 6.88. The first-order chi connectivity index (χ1) is 12.1. The molecule has 1 aliphatic carbocycles. The van der Waals surface area contributed by atoms with Gasteiger partial charge < -0.3 is 10.0 Å². The first-order valence-corrected chi connectivity index (χ1v) is 9.93. The van der Waals surface area contributed by atoms with Crippen molar-refractivity contribution in [1.29, 1.82) is 0 Å². The van der Waals surface area contributed by atoms with Crippen LogP contribution < -0.4 is 0 Å². The molecule has 2 aromatic rings. The minimum atomic E-state index is -0.891. The quantitative estimate of drug-likeness (QED) is 0.851. The van der Waals surface area contributed by atoms with Gasteiger partial charge in [0.15, 0.2) is 0 Å². The second kappa shape index (κ2) is 8.59. The maximum Gasteiger partial charge on any atom is 0.252 e. The van der Waals surface area contributed by atoms with Gasteiger partial charge in [0.2, 0.25) is 0 Å². The summed E-state index contributed by atoms with van der Waals surface area (Å²) >= 11 is 1.57. The molecule has 1 aromatic heterocycles. The Balaban J connectivity index is 1.76. The number of hydrogen-bond acceptors (Lipinski definition) is 4. The number of hydrogen-bond donors (Lipinski definition) is 1. The summed E-state index contributed by atoms with van der Waals surface area (Å²) in [6.45, 7) is 2.99. The van der Waals surface area contributed by atoms with E-state index in [2.05, 4.69) is 4.98 Å². The summed E-state index contributed by atoms with van der Waals surface area (Å²) in [5.41, 5.74) is 3.85. The third-order valence-electron chi connectivity index (χ3n) is 5.06. The van der Waals surface area contributed by atoms with Gasteiger partial charge in [-0.1, -0.05) is 49.6 Å². The molecule has 0 radical (unpaired) electrons. The van der Waals surface area contributed by atoms with Crippen LogP contribution in [0.3, 0.4) is 0 Å². The van der Waals surface area contributed by atoms with Crippen LogP contribution in [0.15, 0.2) is 35.8 Å². The van der Waals surface area contributed by atoms with Crippen molar-refractivity contribution in [3.8, 4) is 0 Å². The van der Waals surface area contributed by atoms with E-state index >= 15 is 0 Å². The maximum atomic E-state index is 13.0. The summed E-state index contributed by atoms with van der Waals surface area (Å²) in [6.07, 6.45) is 4.45. The predicted octanol–water partition coefficient (Wildman–Crippen LogP) is 3.92. The molecular formula is C20H26N2O2S. The number of benzene rings is 1. The number of aromatic nitrogens is 1. The van der Waals surface area contributed by atoms with Crippen LogP contribution in [0.4, 0.5) is 0 Å². The van der Waals surface area contributed by atoms with Gasteiger partial charge in [-0.25, -0.2) is 4.98 Å². The van der Waals surface area contributed by atoms with Gasteiger partial charge in [-0.05, 0) is 31.2 Å². The zero-order valence-corrected chi connectivity index (χ0v) is 15.5. The van der Waals surface area contributed by atoms with Gasteiger partial charge in [0, 0.05) is 11.4 Å². The summed E-state index contributed by atoms with van der Waals surface area (Å²) in [5.74, 6) is -0.0503. The minimum absolute atomic E-state index is 0.0991. The number of aryl methyl sites for hydroxylation is 1. The van der Waals surface area contributed by atoms with Crippen LogP contribution in [0.5, 0.6) is 0 Å². The van der Waals surface area contributed by atoms with Crippen molar-refractivity contribution in [3.63, 3.8) is 0 Å². The van der Waals surface area contributed by atoms with Crippen LogP contribution in [-0.2, 0) is 17.9 Å². The lowest BCUT2D eigenvalue weighted by Crippen LogP contribution is -2.42. The van der Waals surface area contributed by atoms with E-state index in [0.29, 0.717) is 13.1 Å². The van der Waals surface area contributed by atoms with E-state index in [1.807, 2.05) is 42.8 Å². The van der Waals surface area contributed by atoms with Gasteiger partial charge in [-0.3, -0.25) is 4.79 Å². The molecule has 4 nitrogen and oxygen atoms in total. The second-order valence-corrected chi connectivity index (χ2v) is 7.82. The molecule has 0 bridgehead atoms. The van der Waals surface area contributed by atoms with Crippen LogP contribution >= 0.6 is 11.3 Å². The fourth-order valence-corrected chi connectivity index (χ4v) is 4.30. The Hall–Kier alpha value is -1.72. The van der Waals surface area contributed by atoms with Gasteiger partial charge in [0.05, 0.1) is 17.7 Å². The smallest absolute Gasteiger partial charge is 0.252 e. The van der Waals surface area contributed by atoms with Gasteiger partial charge in [-0.15, -0.1) is 11.3 Å². The number of carbonyl (C=O) groups excluding carboxylic acids is 1. The molecule has 1 aliphatic rings. The Kier molecular flexibility index (Phi) is 6.21. The van der Waals surface area contributed by atoms with Crippen molar-refractivity contribution in [1.82, 2.24) is 9.88 Å². The van der Waals surface area contributed by atoms with Gasteiger partial charge >= 0.3 is 0 Å². The normalized spacial score (nSPS) is 16.6. The molecule has 134 valence electrons. The fraction of sp³-hybridized carbons (Fsp3) is 0.500. The number of amides is 1. The molecule has 0 unspecified atom stereocenters. The average molecular weight is 359 g/mol. The first kappa shape index (κ1) is 18.1. The van der Waals surface area contributed by atoms with Crippen molar-refractivity contribution in [2.24, 2.45) is 5.92 Å². The predicted molar refractivity (Wildman–Crippen MR) is 100 cm³/mol. The zero-order chi connectivity index (χ0) is 17.6. The maximum absolute atomic E-state index is 13.0. The Morgan fingerprint density at radius 2 is 1.96 bits per heavy atom. The number of carbonyl (C=O) groups is 1. The molecule has 5 heteroatoms. The van der Waals surface area contributed by atoms with Crippen molar-refractivity contribution >= 4 is 17.2 Å². The average Bonchev–Trinajstić information content (AvgIpc) is 3.06. The van der Waals surface area contributed by atoms with E-state index < -0.39 is 6.10 Å². The van der Waals surface area contributed by atoms with Crippen molar-refractivity contribution < 1.29 is 9.90 Å². The van der Waals surface area contributed by atoms with E-state index in [1.165, 1.54) is 6.42 Å². The Bertz CT molecular complexity index is 680. The lowest BCUT2D eigenvalue weighted by atomic mass is 9.85. The summed E-state index contributed by atoms with van der Waals surface area (Å²) < 4.78 is 0. The topological polar surface area (TPSA) is 53.4 Å². The SMILES string of the molecule is Cc1ncsc1CN(Cc1ccccc1)C(=O)[C@H](O)C1CCCCC1. The molecule has 1 atom stereocenters. The van der Waals surface area contributed by atoms with E-state index in [-0.39, 0.29) is 11.8 Å². The highest BCUT2D eigenvalue weighted by Crippen LogP contribution is 2.28. The van der Waals surface area contributed by atoms with E-state index in [1.54, 1.807) is 16.2 Å². The van der Waals surface area contributed by atoms with Gasteiger partial charge in [0.1, 0.15) is 6.10 Å². The number of nitrogens with zero attached hydrogens (tertiary/aromatic N) is 2. The highest BCUT2D eigenvalue weighted by molar-refractivity contribution is 7.09. The lowest BCUT2D eigenvalue weighted by molar-refractivity contribution is -0.145. The van der Waals surface area contributed by atoms with Crippen molar-refractivity contribution in [3.05, 3.63) is 52.0 Å². The number of aliphatic hydroxyl groups excluding tert-OH is 1. The monoisotopic (exact) mass is 358 g/mol. The van der Waals surface area contributed by atoms with Crippen LogP contribution in [0.2, 0.25) is 0 Å². The summed E-state index contributed by atoms with van der Waals surface area (Å²) in [6, 6.07) is 9.97. The van der Waals surface area contributed by atoms with Gasteiger partial charge in [0.25, 0.3) is 5.91 Å². The Labute approximate surface area is 153 Å². The standard InChI is InChI=1S/C20H26N2O2S/c1-15-18(25-14-21-15)13-22(12-16-8-4-2-5-9-16)20(24)19(23)17-10-6-3-7-11-17/h2,4-5,8-9,14,17,19,23H,3,6-7,10-13H2,1H3/t19-/m1/s1. The largest absolute Gasteiger partial charge is 0.383 e. The van der Waals surface area contributed by atoms with Crippen LogP contribution in [0, 0.1) is 12.8 Å². The highest BCUT2D eigenvalue weighted by Gasteiger charge is 2.31. The molecule has 0 saturated heterocycles. The molecular weight excluding hydrogens is 332 g/mol. The number of aliphatic hydroxyl groups is 1. The third-order valence-corrected chi connectivity index (χ3v) is 5.98. The van der Waals surface area contributed by atoms with Crippen LogP contribution in [0.1, 0.15) is 48.2 Å². The zero-order valence-electron chi connectivity index (χ0n) is 14.7. The molecule has 3 rings (SSSR count). The molecule has 0 aliphatic heterocycles. The molecule has 25 heavy (non-hydrogen) atoms. The molecule has 1 amide bonds. The van der Waals surface area contributed by atoms with E-state index in [9.17, 15) is 9.90 Å². The number of thiazole rings is 1. The first-order valence-electron chi connectivity index (χ1n) is 9.05. The van der Waals surface area contributed by atoms with Gasteiger partial charge in [-0.2, -0.15) is 0 Å². The van der Waals surface area contributed by atoms with Crippen molar-refractivity contribution in [2.45, 2.75) is 58.2 Å². The fourth-order valence-electron chi connectivity index (χ4n) is 3.51. The minimum Gasteiger partial charge on any atom is -0.383 e. The molecule has 1 heterocycles. The molecule has 1 saturated carbocycles. The van der Waals surface area contributed by atoms with E-state index in [0.717, 1.165) is 41.8 Å². The molecule has 1 N–H and O–H groups in total. The van der Waals surface area contributed by atoms with Crippen LogP contribution in [0.25, 0.3) is 0 Å². The van der Waals surface area contributed by atoms with Crippen molar-refractivity contribution in [2.75, 3.05) is 0 Å². The molecule has 0 spiro atoms. The number of rotatable bonds is 6. The lowest BCUT2D eigenvalue weighted by Gasteiger charge is -2.31. The van der Waals surface area contributed by atoms with Crippen LogP contribution in [-0.4, -0.2) is 27.0 Å². The summed E-state index contributed by atoms with van der Waals surface area (Å²) in [4.78, 5) is 20.2. The molecule has 1 aromatic carbocycles. The summed E-state index contributed by atoms with van der Waals surface area (Å²) in [7, 11) is 0.